The first-order valence-electron chi connectivity index (χ1n) is 3.43. The lowest BCUT2D eigenvalue weighted by atomic mass is 10.2. The molecule has 0 aromatic heterocycles. The number of benzene rings is 1. The van der Waals surface area contributed by atoms with Crippen molar-refractivity contribution < 1.29 is 9.63 Å². The molecule has 0 aliphatic carbocycles. The third-order valence-corrected chi connectivity index (χ3v) is 2.24. The fourth-order valence-corrected chi connectivity index (χ4v) is 2.13. The highest BCUT2D eigenvalue weighted by Gasteiger charge is 2.06. The van der Waals surface area contributed by atoms with Gasteiger partial charge in [0.2, 0.25) is 0 Å². The second-order valence-electron chi connectivity index (χ2n) is 2.29. The molecule has 0 saturated heterocycles. The quantitative estimate of drug-likeness (QED) is 0.853. The van der Waals surface area contributed by atoms with Crippen molar-refractivity contribution in [2.24, 2.45) is 0 Å². The molecule has 0 radical (unpaired) electrons. The van der Waals surface area contributed by atoms with Crippen molar-refractivity contribution in [3.05, 3.63) is 32.7 Å². The van der Waals surface area contributed by atoms with Gasteiger partial charge in [0.05, 0.1) is 7.11 Å². The number of amides is 1. The number of hydrogen-bond acceptors (Lipinski definition) is 2. The third kappa shape index (κ3) is 3.10. The van der Waals surface area contributed by atoms with Crippen molar-refractivity contribution >= 4 is 37.8 Å². The second-order valence-corrected chi connectivity index (χ2v) is 4.12. The average Bonchev–Trinajstić information content (AvgIpc) is 2.03. The van der Waals surface area contributed by atoms with Crippen LogP contribution < -0.4 is 5.48 Å². The monoisotopic (exact) mass is 307 g/mol. The lowest BCUT2D eigenvalue weighted by molar-refractivity contribution is 0.0537. The van der Waals surface area contributed by atoms with E-state index < -0.39 is 0 Å². The van der Waals surface area contributed by atoms with Gasteiger partial charge < -0.3 is 0 Å². The molecular weight excluding hydrogens is 302 g/mol. The van der Waals surface area contributed by atoms with Crippen LogP contribution in [0.4, 0.5) is 0 Å². The summed E-state index contributed by atoms with van der Waals surface area (Å²) in [5.41, 5.74) is 2.77. The summed E-state index contributed by atoms with van der Waals surface area (Å²) in [5.74, 6) is -0.274. The molecule has 0 aliphatic heterocycles. The van der Waals surface area contributed by atoms with E-state index >= 15 is 0 Å². The van der Waals surface area contributed by atoms with Crippen molar-refractivity contribution in [2.45, 2.75) is 0 Å². The summed E-state index contributed by atoms with van der Waals surface area (Å²) >= 11 is 6.56. The van der Waals surface area contributed by atoms with Crippen LogP contribution in [0.2, 0.25) is 0 Å². The fourth-order valence-electron chi connectivity index (χ4n) is 0.837. The van der Waals surface area contributed by atoms with Gasteiger partial charge >= 0.3 is 0 Å². The Morgan fingerprint density at radius 3 is 2.31 bits per heavy atom. The van der Waals surface area contributed by atoms with E-state index in [4.69, 9.17) is 0 Å². The molecule has 70 valence electrons. The molecule has 0 fully saturated rings. The van der Waals surface area contributed by atoms with E-state index in [1.165, 1.54) is 7.11 Å². The highest BCUT2D eigenvalue weighted by Crippen LogP contribution is 2.19. The maximum Gasteiger partial charge on any atom is 0.274 e. The van der Waals surface area contributed by atoms with Crippen molar-refractivity contribution in [3.63, 3.8) is 0 Å². The summed E-state index contributed by atoms with van der Waals surface area (Å²) in [7, 11) is 1.39. The van der Waals surface area contributed by atoms with Crippen LogP contribution >= 0.6 is 31.9 Å². The van der Waals surface area contributed by atoms with Gasteiger partial charge in [0, 0.05) is 14.5 Å². The molecule has 0 aliphatic rings. The Kier molecular flexibility index (Phi) is 3.90. The summed E-state index contributed by atoms with van der Waals surface area (Å²) in [6.07, 6.45) is 0. The molecule has 1 N–H and O–H groups in total. The van der Waals surface area contributed by atoms with E-state index in [1.807, 2.05) is 6.07 Å². The lowest BCUT2D eigenvalue weighted by Crippen LogP contribution is -2.21. The Bertz CT molecular complexity index is 308. The number of hydroxylamine groups is 1. The largest absolute Gasteiger partial charge is 0.277 e. The maximum atomic E-state index is 11.3. The molecule has 0 saturated carbocycles. The molecule has 0 atom stereocenters. The SMILES string of the molecule is CONC(=O)c1cc(Br)cc(Br)c1. The smallest absolute Gasteiger partial charge is 0.274 e. The first-order valence-corrected chi connectivity index (χ1v) is 5.01. The van der Waals surface area contributed by atoms with Crippen molar-refractivity contribution in [2.75, 3.05) is 7.11 Å². The number of nitrogens with one attached hydrogen (secondary N) is 1. The van der Waals surface area contributed by atoms with E-state index in [0.717, 1.165) is 8.95 Å². The van der Waals surface area contributed by atoms with Crippen LogP contribution in [0.25, 0.3) is 0 Å². The molecule has 5 heteroatoms. The predicted octanol–water partition coefficient (Wildman–Crippen LogP) is 2.50. The zero-order chi connectivity index (χ0) is 9.84. The van der Waals surface area contributed by atoms with E-state index in [1.54, 1.807) is 12.1 Å². The summed E-state index contributed by atoms with van der Waals surface area (Å²) in [5, 5.41) is 0. The maximum absolute atomic E-state index is 11.3. The van der Waals surface area contributed by atoms with Gasteiger partial charge in [-0.15, -0.1) is 0 Å². The van der Waals surface area contributed by atoms with Gasteiger partial charge in [-0.1, -0.05) is 31.9 Å². The molecule has 1 aromatic carbocycles. The van der Waals surface area contributed by atoms with Crippen LogP contribution in [0.15, 0.2) is 27.1 Å². The molecule has 13 heavy (non-hydrogen) atoms. The van der Waals surface area contributed by atoms with Gasteiger partial charge in [-0.05, 0) is 18.2 Å². The molecule has 0 spiro atoms. The van der Waals surface area contributed by atoms with Gasteiger partial charge in [0.1, 0.15) is 0 Å². The van der Waals surface area contributed by atoms with Crippen LogP contribution in [-0.4, -0.2) is 13.0 Å². The van der Waals surface area contributed by atoms with Gasteiger partial charge in [0.25, 0.3) is 5.91 Å². The standard InChI is InChI=1S/C8H7Br2NO2/c1-13-11-8(12)5-2-6(9)4-7(10)3-5/h2-4H,1H3,(H,11,12). The first-order chi connectivity index (χ1) is 6.13. The minimum Gasteiger partial charge on any atom is -0.277 e. The highest BCUT2D eigenvalue weighted by molar-refractivity contribution is 9.11. The van der Waals surface area contributed by atoms with Crippen LogP contribution in [0.1, 0.15) is 10.4 Å². The molecule has 3 nitrogen and oxygen atoms in total. The summed E-state index contributed by atoms with van der Waals surface area (Å²) in [4.78, 5) is 15.8. The van der Waals surface area contributed by atoms with Gasteiger partial charge in [-0.2, -0.15) is 0 Å². The minimum atomic E-state index is -0.274. The minimum absolute atomic E-state index is 0.274. The van der Waals surface area contributed by atoms with Crippen LogP contribution in [0, 0.1) is 0 Å². The Morgan fingerprint density at radius 2 is 1.85 bits per heavy atom. The number of carbonyl (C=O) groups excluding carboxylic acids is 1. The summed E-state index contributed by atoms with van der Waals surface area (Å²) < 4.78 is 1.67. The number of hydrogen-bond donors (Lipinski definition) is 1. The van der Waals surface area contributed by atoms with Crippen LogP contribution in [-0.2, 0) is 4.84 Å². The Hall–Kier alpha value is -0.390. The predicted molar refractivity (Wildman–Crippen MR) is 56.3 cm³/mol. The van der Waals surface area contributed by atoms with Gasteiger partial charge in [-0.3, -0.25) is 9.63 Å². The van der Waals surface area contributed by atoms with Gasteiger partial charge in [-0.25, -0.2) is 5.48 Å². The molecule has 0 heterocycles. The molecule has 1 rings (SSSR count). The highest BCUT2D eigenvalue weighted by atomic mass is 79.9. The fraction of sp³-hybridized carbons (Fsp3) is 0.125. The zero-order valence-electron chi connectivity index (χ0n) is 6.80. The summed E-state index contributed by atoms with van der Waals surface area (Å²) in [6, 6.07) is 5.27. The van der Waals surface area contributed by atoms with E-state index in [-0.39, 0.29) is 5.91 Å². The molecule has 0 bridgehead atoms. The zero-order valence-corrected chi connectivity index (χ0v) is 9.98. The van der Waals surface area contributed by atoms with Crippen molar-refractivity contribution in [1.82, 2.24) is 5.48 Å². The molecule has 0 unspecified atom stereocenters. The Labute approximate surface area is 92.7 Å². The van der Waals surface area contributed by atoms with E-state index in [0.29, 0.717) is 5.56 Å². The number of rotatable bonds is 2. The average molecular weight is 309 g/mol. The third-order valence-electron chi connectivity index (χ3n) is 1.32. The number of halogens is 2. The van der Waals surface area contributed by atoms with Gasteiger partial charge in [0.15, 0.2) is 0 Å². The first kappa shape index (κ1) is 10.7. The van der Waals surface area contributed by atoms with Crippen LogP contribution in [0.5, 0.6) is 0 Å². The van der Waals surface area contributed by atoms with E-state index in [2.05, 4.69) is 42.2 Å². The molecular formula is C8H7Br2NO2. The van der Waals surface area contributed by atoms with Crippen molar-refractivity contribution in [1.29, 1.82) is 0 Å². The normalized spacial score (nSPS) is 9.77. The van der Waals surface area contributed by atoms with Crippen molar-refractivity contribution in [3.8, 4) is 0 Å². The Balaban J connectivity index is 2.94. The van der Waals surface area contributed by atoms with Crippen LogP contribution in [0.3, 0.4) is 0 Å². The number of carbonyl (C=O) groups is 1. The topological polar surface area (TPSA) is 38.3 Å². The van der Waals surface area contributed by atoms with E-state index in [9.17, 15) is 4.79 Å². The lowest BCUT2D eigenvalue weighted by Gasteiger charge is -2.02. The second kappa shape index (κ2) is 4.74. The molecule has 1 aromatic rings. The summed E-state index contributed by atoms with van der Waals surface area (Å²) in [6.45, 7) is 0. The Morgan fingerprint density at radius 1 is 1.31 bits per heavy atom. The molecule has 1 amide bonds.